The van der Waals surface area contributed by atoms with Crippen molar-refractivity contribution in [2.45, 2.75) is 32.1 Å². The molecule has 134 valence electrons. The lowest BCUT2D eigenvalue weighted by Gasteiger charge is -2.26. The minimum Gasteiger partial charge on any atom is -0.497 e. The van der Waals surface area contributed by atoms with Gasteiger partial charge in [0.2, 0.25) is 5.91 Å². The predicted molar refractivity (Wildman–Crippen MR) is 102 cm³/mol. The fourth-order valence-electron chi connectivity index (χ4n) is 3.46. The molecule has 1 amide bonds. The number of fused-ring (bicyclic) bond motifs is 1. The van der Waals surface area contributed by atoms with Gasteiger partial charge in [-0.2, -0.15) is 0 Å². The first kappa shape index (κ1) is 17.7. The number of benzene rings is 2. The lowest BCUT2D eigenvalue weighted by Crippen LogP contribution is -2.38. The van der Waals surface area contributed by atoms with Crippen molar-refractivity contribution in [3.05, 3.63) is 42.0 Å². The number of carbonyl (C=O) groups excluding carboxylic acids is 1. The topological polar surface area (TPSA) is 41.6 Å². The second-order valence-electron chi connectivity index (χ2n) is 6.89. The third kappa shape index (κ3) is 4.51. The molecule has 1 aliphatic rings. The fourth-order valence-corrected chi connectivity index (χ4v) is 3.46. The van der Waals surface area contributed by atoms with E-state index in [2.05, 4.69) is 22.3 Å². The van der Waals surface area contributed by atoms with Gasteiger partial charge >= 0.3 is 0 Å². The Kier molecular flexibility index (Phi) is 5.92. The van der Waals surface area contributed by atoms with Crippen LogP contribution in [0.1, 0.15) is 37.7 Å². The zero-order valence-electron chi connectivity index (χ0n) is 15.3. The van der Waals surface area contributed by atoms with Crippen molar-refractivity contribution < 1.29 is 9.53 Å². The van der Waals surface area contributed by atoms with Crippen molar-refractivity contribution in [1.82, 2.24) is 10.2 Å². The van der Waals surface area contributed by atoms with Gasteiger partial charge in [-0.05, 0) is 61.3 Å². The maximum Gasteiger partial charge on any atom is 0.227 e. The van der Waals surface area contributed by atoms with Crippen molar-refractivity contribution in [3.63, 3.8) is 0 Å². The Morgan fingerprint density at radius 2 is 1.84 bits per heavy atom. The van der Waals surface area contributed by atoms with Crippen LogP contribution in [-0.4, -0.2) is 44.1 Å². The molecular weight excluding hydrogens is 312 g/mol. The van der Waals surface area contributed by atoms with Gasteiger partial charge in [-0.15, -0.1) is 0 Å². The van der Waals surface area contributed by atoms with E-state index < -0.39 is 0 Å². The molecule has 1 aliphatic heterocycles. The first-order valence-electron chi connectivity index (χ1n) is 9.25. The van der Waals surface area contributed by atoms with Crippen LogP contribution in [0, 0.1) is 0 Å². The van der Waals surface area contributed by atoms with Gasteiger partial charge in [0.25, 0.3) is 0 Å². The van der Waals surface area contributed by atoms with E-state index in [0.717, 1.165) is 35.2 Å². The summed E-state index contributed by atoms with van der Waals surface area (Å²) >= 11 is 0. The van der Waals surface area contributed by atoms with E-state index in [1.165, 1.54) is 32.4 Å². The number of rotatable bonds is 6. The molecule has 1 heterocycles. The van der Waals surface area contributed by atoms with E-state index in [0.29, 0.717) is 0 Å². The Bertz CT molecular complexity index is 723. The van der Waals surface area contributed by atoms with Crippen molar-refractivity contribution in [3.8, 4) is 5.75 Å². The molecule has 0 unspecified atom stereocenters. The van der Waals surface area contributed by atoms with E-state index >= 15 is 0 Å². The minimum absolute atomic E-state index is 0.102. The molecule has 4 nitrogen and oxygen atoms in total. The number of amides is 1. The Hall–Kier alpha value is -2.07. The number of methoxy groups -OCH3 is 1. The Labute approximate surface area is 150 Å². The Morgan fingerprint density at radius 1 is 1.12 bits per heavy atom. The number of hydrogen-bond donors (Lipinski definition) is 1. The summed E-state index contributed by atoms with van der Waals surface area (Å²) in [7, 11) is 1.67. The van der Waals surface area contributed by atoms with Crippen LogP contribution in [0.4, 0.5) is 0 Å². The summed E-state index contributed by atoms with van der Waals surface area (Å²) in [6, 6.07) is 12.2. The average molecular weight is 340 g/mol. The Morgan fingerprint density at radius 3 is 2.60 bits per heavy atom. The summed E-state index contributed by atoms with van der Waals surface area (Å²) in [5.74, 6) is 0.807. The molecule has 0 saturated carbocycles. The zero-order chi connectivity index (χ0) is 17.6. The number of nitrogens with one attached hydrogen (secondary N) is 1. The summed E-state index contributed by atoms with van der Waals surface area (Å²) in [6.07, 6.45) is 3.91. The van der Waals surface area contributed by atoms with Crippen LogP contribution in [-0.2, 0) is 4.79 Å². The van der Waals surface area contributed by atoms with Crippen molar-refractivity contribution in [2.75, 3.05) is 33.3 Å². The highest BCUT2D eigenvalue weighted by molar-refractivity contribution is 5.88. The lowest BCUT2D eigenvalue weighted by atomic mass is 9.97. The maximum absolute atomic E-state index is 12.5. The normalized spacial score (nSPS) is 16.6. The molecule has 25 heavy (non-hydrogen) atoms. The van der Waals surface area contributed by atoms with Crippen LogP contribution in [0.15, 0.2) is 36.4 Å². The molecule has 1 saturated heterocycles. The number of likely N-dealkylation sites (tertiary alicyclic amines) is 1. The molecule has 2 aromatic rings. The molecule has 0 aliphatic carbocycles. The molecule has 1 atom stereocenters. The number of piperidine rings is 1. The molecule has 0 radical (unpaired) electrons. The van der Waals surface area contributed by atoms with E-state index in [1.54, 1.807) is 7.11 Å². The van der Waals surface area contributed by atoms with Crippen LogP contribution in [0.25, 0.3) is 10.8 Å². The Balaban J connectivity index is 1.58. The molecular formula is C21H28N2O2. The lowest BCUT2D eigenvalue weighted by molar-refractivity contribution is -0.122. The van der Waals surface area contributed by atoms with Crippen LogP contribution < -0.4 is 10.1 Å². The molecule has 1 N–H and O–H groups in total. The van der Waals surface area contributed by atoms with Gasteiger partial charge in [0, 0.05) is 13.1 Å². The summed E-state index contributed by atoms with van der Waals surface area (Å²) in [5, 5.41) is 5.35. The number of ether oxygens (including phenoxy) is 1. The summed E-state index contributed by atoms with van der Waals surface area (Å²) in [4.78, 5) is 14.9. The van der Waals surface area contributed by atoms with Crippen LogP contribution in [0.5, 0.6) is 5.75 Å². The molecule has 0 spiro atoms. The van der Waals surface area contributed by atoms with Crippen LogP contribution in [0.2, 0.25) is 0 Å². The van der Waals surface area contributed by atoms with E-state index in [9.17, 15) is 4.79 Å². The minimum atomic E-state index is -0.146. The first-order chi connectivity index (χ1) is 12.2. The van der Waals surface area contributed by atoms with Gasteiger partial charge in [0.15, 0.2) is 0 Å². The SMILES string of the molecule is COc1ccc2cc([C@H](C)C(=O)NCCN3CCCCC3)ccc2c1. The molecule has 0 aromatic heterocycles. The highest BCUT2D eigenvalue weighted by atomic mass is 16.5. The highest BCUT2D eigenvalue weighted by Crippen LogP contribution is 2.25. The average Bonchev–Trinajstić information content (AvgIpc) is 2.67. The largest absolute Gasteiger partial charge is 0.497 e. The standard InChI is InChI=1S/C21H28N2O2/c1-16(21(24)22-10-13-23-11-4-3-5-12-23)17-6-7-19-15-20(25-2)9-8-18(19)14-17/h6-9,14-16H,3-5,10-13H2,1-2H3,(H,22,24)/t16-/m0/s1. The third-order valence-corrected chi connectivity index (χ3v) is 5.14. The fraction of sp³-hybridized carbons (Fsp3) is 0.476. The highest BCUT2D eigenvalue weighted by Gasteiger charge is 2.16. The summed E-state index contributed by atoms with van der Waals surface area (Å²) < 4.78 is 5.26. The van der Waals surface area contributed by atoms with Gasteiger partial charge in [-0.25, -0.2) is 0 Å². The summed E-state index contributed by atoms with van der Waals surface area (Å²) in [5.41, 5.74) is 1.05. The van der Waals surface area contributed by atoms with Gasteiger partial charge in [-0.1, -0.05) is 30.7 Å². The van der Waals surface area contributed by atoms with Gasteiger partial charge < -0.3 is 15.0 Å². The second-order valence-corrected chi connectivity index (χ2v) is 6.89. The van der Waals surface area contributed by atoms with Crippen molar-refractivity contribution in [2.24, 2.45) is 0 Å². The van der Waals surface area contributed by atoms with Gasteiger partial charge in [0.1, 0.15) is 5.75 Å². The molecule has 3 rings (SSSR count). The predicted octanol–water partition coefficient (Wildman–Crippen LogP) is 3.55. The second kappa shape index (κ2) is 8.34. The van der Waals surface area contributed by atoms with Gasteiger partial charge in [0.05, 0.1) is 13.0 Å². The van der Waals surface area contributed by atoms with Gasteiger partial charge in [-0.3, -0.25) is 4.79 Å². The van der Waals surface area contributed by atoms with Crippen molar-refractivity contribution in [1.29, 1.82) is 0 Å². The number of nitrogens with zero attached hydrogens (tertiary/aromatic N) is 1. The smallest absolute Gasteiger partial charge is 0.227 e. The van der Waals surface area contributed by atoms with E-state index in [1.807, 2.05) is 31.2 Å². The maximum atomic E-state index is 12.5. The number of hydrogen-bond acceptors (Lipinski definition) is 3. The van der Waals surface area contributed by atoms with E-state index in [4.69, 9.17) is 4.74 Å². The third-order valence-electron chi connectivity index (χ3n) is 5.14. The van der Waals surface area contributed by atoms with Crippen LogP contribution in [0.3, 0.4) is 0 Å². The van der Waals surface area contributed by atoms with E-state index in [-0.39, 0.29) is 11.8 Å². The van der Waals surface area contributed by atoms with Crippen LogP contribution >= 0.6 is 0 Å². The van der Waals surface area contributed by atoms with Crippen molar-refractivity contribution >= 4 is 16.7 Å². The first-order valence-corrected chi connectivity index (χ1v) is 9.25. The monoisotopic (exact) mass is 340 g/mol. The molecule has 0 bridgehead atoms. The number of carbonyl (C=O) groups is 1. The molecule has 2 aromatic carbocycles. The molecule has 1 fully saturated rings. The quantitative estimate of drug-likeness (QED) is 0.874. The zero-order valence-corrected chi connectivity index (χ0v) is 15.3. The summed E-state index contributed by atoms with van der Waals surface area (Å²) in [6.45, 7) is 5.99. The molecule has 4 heteroatoms.